The van der Waals surface area contributed by atoms with Crippen molar-refractivity contribution in [2.45, 2.75) is 39.7 Å². The zero-order valence-electron chi connectivity index (χ0n) is 12.2. The third-order valence-corrected chi connectivity index (χ3v) is 3.81. The van der Waals surface area contributed by atoms with Crippen LogP contribution in [0.5, 0.6) is 0 Å². The van der Waals surface area contributed by atoms with Crippen LogP contribution in [0.1, 0.15) is 33.5 Å². The van der Waals surface area contributed by atoms with Gasteiger partial charge in [-0.15, -0.1) is 0 Å². The first-order valence-electron chi connectivity index (χ1n) is 6.58. The van der Waals surface area contributed by atoms with E-state index in [1.807, 2.05) is 17.6 Å². The van der Waals surface area contributed by atoms with E-state index in [9.17, 15) is 4.39 Å². The van der Waals surface area contributed by atoms with E-state index in [2.05, 4.69) is 41.7 Å². The van der Waals surface area contributed by atoms with Crippen LogP contribution >= 0.6 is 15.9 Å². The summed E-state index contributed by atoms with van der Waals surface area (Å²) in [6, 6.07) is 4.94. The fraction of sp³-hybridized carbons (Fsp3) is 0.400. The van der Waals surface area contributed by atoms with Gasteiger partial charge in [-0.3, -0.25) is 0 Å². The van der Waals surface area contributed by atoms with Gasteiger partial charge < -0.3 is 10.3 Å². The molecule has 2 N–H and O–H groups in total. The highest BCUT2D eigenvalue weighted by atomic mass is 79.9. The molecule has 0 fully saturated rings. The van der Waals surface area contributed by atoms with Crippen molar-refractivity contribution in [1.29, 1.82) is 0 Å². The smallest absolute Gasteiger partial charge is 0.138 e. The van der Waals surface area contributed by atoms with Crippen LogP contribution in [-0.2, 0) is 12.0 Å². The lowest BCUT2D eigenvalue weighted by molar-refractivity contribution is 0.389. The Morgan fingerprint density at radius 2 is 2.00 bits per heavy atom. The molecular formula is C15H19BrFN3. The zero-order valence-corrected chi connectivity index (χ0v) is 13.8. The molecule has 2 rings (SSSR count). The predicted octanol–water partition coefficient (Wildman–Crippen LogP) is 4.35. The minimum atomic E-state index is -0.315. The average Bonchev–Trinajstić information content (AvgIpc) is 2.69. The van der Waals surface area contributed by atoms with Crippen molar-refractivity contribution in [2.75, 3.05) is 5.73 Å². The number of rotatable bonds is 2. The van der Waals surface area contributed by atoms with E-state index in [1.165, 1.54) is 6.07 Å². The molecule has 20 heavy (non-hydrogen) atoms. The number of hydrogen-bond donors (Lipinski definition) is 1. The molecule has 0 spiro atoms. The van der Waals surface area contributed by atoms with E-state index in [0.29, 0.717) is 21.5 Å². The van der Waals surface area contributed by atoms with Gasteiger partial charge in [-0.1, -0.05) is 13.0 Å². The molecule has 0 radical (unpaired) electrons. The van der Waals surface area contributed by atoms with Gasteiger partial charge in [-0.2, -0.15) is 0 Å². The number of nitrogens with two attached hydrogens (primary N) is 1. The number of benzene rings is 1. The summed E-state index contributed by atoms with van der Waals surface area (Å²) in [6.45, 7) is 8.28. The molecule has 3 nitrogen and oxygen atoms in total. The van der Waals surface area contributed by atoms with E-state index in [4.69, 9.17) is 5.73 Å². The van der Waals surface area contributed by atoms with Crippen molar-refractivity contribution in [3.8, 4) is 11.3 Å². The van der Waals surface area contributed by atoms with Crippen molar-refractivity contribution in [3.63, 3.8) is 0 Å². The number of hydrogen-bond acceptors (Lipinski definition) is 2. The van der Waals surface area contributed by atoms with Gasteiger partial charge >= 0.3 is 0 Å². The van der Waals surface area contributed by atoms with Crippen molar-refractivity contribution < 1.29 is 4.39 Å². The molecular weight excluding hydrogens is 321 g/mol. The second-order valence-electron chi connectivity index (χ2n) is 5.75. The van der Waals surface area contributed by atoms with Crippen LogP contribution in [0.15, 0.2) is 22.7 Å². The van der Waals surface area contributed by atoms with Crippen LogP contribution < -0.4 is 5.73 Å². The third kappa shape index (κ3) is 2.59. The summed E-state index contributed by atoms with van der Waals surface area (Å²) in [5, 5.41) is 0. The number of aromatic nitrogens is 2. The minimum absolute atomic E-state index is 0.158. The molecule has 0 saturated carbocycles. The number of aryl methyl sites for hydroxylation is 1. The standard InChI is InChI=1S/C15H19BrFN3/c1-5-12-19-13(14(18)20(12)15(2,3)4)9-6-7-10(16)11(17)8-9/h6-8H,5,18H2,1-4H3. The number of imidazole rings is 1. The summed E-state index contributed by atoms with van der Waals surface area (Å²) in [4.78, 5) is 4.59. The normalized spacial score (nSPS) is 11.9. The Balaban J connectivity index is 2.64. The molecule has 0 aliphatic rings. The van der Waals surface area contributed by atoms with Crippen molar-refractivity contribution in [2.24, 2.45) is 0 Å². The maximum atomic E-state index is 13.7. The first-order valence-corrected chi connectivity index (χ1v) is 7.38. The van der Waals surface area contributed by atoms with Gasteiger partial charge in [-0.25, -0.2) is 9.37 Å². The second-order valence-corrected chi connectivity index (χ2v) is 6.60. The number of nitrogen functional groups attached to an aromatic ring is 1. The molecule has 0 bridgehead atoms. The van der Waals surface area contributed by atoms with Gasteiger partial charge in [0.2, 0.25) is 0 Å². The Morgan fingerprint density at radius 3 is 2.45 bits per heavy atom. The first-order chi connectivity index (χ1) is 9.25. The fourth-order valence-corrected chi connectivity index (χ4v) is 2.57. The minimum Gasteiger partial charge on any atom is -0.383 e. The SMILES string of the molecule is CCc1nc(-c2ccc(Br)c(F)c2)c(N)n1C(C)(C)C. The molecule has 2 aromatic rings. The van der Waals surface area contributed by atoms with Gasteiger partial charge in [0.25, 0.3) is 0 Å². The molecule has 0 aliphatic carbocycles. The highest BCUT2D eigenvalue weighted by Gasteiger charge is 2.24. The number of halogens is 2. The van der Waals surface area contributed by atoms with Crippen LogP contribution in [-0.4, -0.2) is 9.55 Å². The highest BCUT2D eigenvalue weighted by molar-refractivity contribution is 9.10. The van der Waals surface area contributed by atoms with Crippen LogP contribution in [0.2, 0.25) is 0 Å². The Labute approximate surface area is 127 Å². The van der Waals surface area contributed by atoms with Crippen LogP contribution in [0.3, 0.4) is 0 Å². The van der Waals surface area contributed by atoms with Gasteiger partial charge in [0.1, 0.15) is 23.2 Å². The Morgan fingerprint density at radius 1 is 1.35 bits per heavy atom. The molecule has 1 aromatic heterocycles. The molecule has 108 valence electrons. The molecule has 0 amide bonds. The van der Waals surface area contributed by atoms with E-state index >= 15 is 0 Å². The largest absolute Gasteiger partial charge is 0.383 e. The molecule has 1 heterocycles. The molecule has 0 saturated heterocycles. The zero-order chi connectivity index (χ0) is 15.1. The third-order valence-electron chi connectivity index (χ3n) is 3.16. The summed E-state index contributed by atoms with van der Waals surface area (Å²) >= 11 is 3.15. The maximum absolute atomic E-state index is 13.7. The highest BCUT2D eigenvalue weighted by Crippen LogP contribution is 2.32. The Hall–Kier alpha value is -1.36. The monoisotopic (exact) mass is 339 g/mol. The van der Waals surface area contributed by atoms with E-state index in [-0.39, 0.29) is 11.4 Å². The predicted molar refractivity (Wildman–Crippen MR) is 84.1 cm³/mol. The lowest BCUT2D eigenvalue weighted by Gasteiger charge is -2.24. The van der Waals surface area contributed by atoms with Crippen molar-refractivity contribution in [3.05, 3.63) is 34.3 Å². The fourth-order valence-electron chi connectivity index (χ4n) is 2.32. The summed E-state index contributed by atoms with van der Waals surface area (Å²) in [6.07, 6.45) is 0.778. The lowest BCUT2D eigenvalue weighted by Crippen LogP contribution is -2.25. The van der Waals surface area contributed by atoms with E-state index < -0.39 is 0 Å². The second kappa shape index (κ2) is 5.20. The molecule has 5 heteroatoms. The molecule has 0 atom stereocenters. The van der Waals surface area contributed by atoms with Gasteiger partial charge in [0, 0.05) is 17.5 Å². The van der Waals surface area contributed by atoms with Crippen LogP contribution in [0.4, 0.5) is 10.2 Å². The van der Waals surface area contributed by atoms with E-state index in [1.54, 1.807) is 6.07 Å². The molecule has 1 aromatic carbocycles. The van der Waals surface area contributed by atoms with Crippen molar-refractivity contribution >= 4 is 21.7 Å². The first kappa shape index (κ1) is 15.0. The maximum Gasteiger partial charge on any atom is 0.138 e. The van der Waals surface area contributed by atoms with Gasteiger partial charge in [0.15, 0.2) is 0 Å². The molecule has 0 aliphatic heterocycles. The molecule has 0 unspecified atom stereocenters. The van der Waals surface area contributed by atoms with Crippen LogP contribution in [0, 0.1) is 5.82 Å². The van der Waals surface area contributed by atoms with Crippen LogP contribution in [0.25, 0.3) is 11.3 Å². The summed E-state index contributed by atoms with van der Waals surface area (Å²) in [5.41, 5.74) is 7.43. The Kier molecular flexibility index (Phi) is 3.91. The van der Waals surface area contributed by atoms with Gasteiger partial charge in [-0.05, 0) is 48.8 Å². The lowest BCUT2D eigenvalue weighted by atomic mass is 10.1. The summed E-state index contributed by atoms with van der Waals surface area (Å²) in [7, 11) is 0. The van der Waals surface area contributed by atoms with E-state index in [0.717, 1.165) is 12.2 Å². The topological polar surface area (TPSA) is 43.8 Å². The Bertz CT molecular complexity index is 641. The summed E-state index contributed by atoms with van der Waals surface area (Å²) < 4.78 is 16.1. The number of nitrogens with zero attached hydrogens (tertiary/aromatic N) is 2. The average molecular weight is 340 g/mol. The quantitative estimate of drug-likeness (QED) is 0.883. The van der Waals surface area contributed by atoms with Gasteiger partial charge in [0.05, 0.1) is 4.47 Å². The summed E-state index contributed by atoms with van der Waals surface area (Å²) in [5.74, 6) is 1.18. The van der Waals surface area contributed by atoms with Crippen molar-refractivity contribution in [1.82, 2.24) is 9.55 Å². The number of anilines is 1.